The molecule has 0 spiro atoms. The lowest BCUT2D eigenvalue weighted by molar-refractivity contribution is -0.895. The third kappa shape index (κ3) is 5.40. The number of carbonyl (C=O) groups excluding carboxylic acids is 1. The zero-order chi connectivity index (χ0) is 21.0. The fourth-order valence-corrected chi connectivity index (χ4v) is 5.32. The van der Waals surface area contributed by atoms with Gasteiger partial charge in [-0.25, -0.2) is 8.42 Å². The van der Waals surface area contributed by atoms with Crippen LogP contribution in [0.25, 0.3) is 0 Å². The Labute approximate surface area is 180 Å². The number of carbonyl (C=O) groups is 1. The van der Waals surface area contributed by atoms with E-state index in [1.165, 1.54) is 16.4 Å². The Balaban J connectivity index is 1.55. The summed E-state index contributed by atoms with van der Waals surface area (Å²) in [7, 11) is -2.15. The van der Waals surface area contributed by atoms with Gasteiger partial charge < -0.3 is 15.0 Å². The molecule has 0 aromatic heterocycles. The number of ether oxygens (including phenoxy) is 1. The third-order valence-electron chi connectivity index (χ3n) is 4.72. The summed E-state index contributed by atoms with van der Waals surface area (Å²) in [4.78, 5) is 13.3. The summed E-state index contributed by atoms with van der Waals surface area (Å²) in [5, 5.41) is 3.30. The van der Waals surface area contributed by atoms with E-state index in [2.05, 4.69) is 5.32 Å². The Hall–Kier alpha value is -1.84. The van der Waals surface area contributed by atoms with Gasteiger partial charge in [0, 0.05) is 10.7 Å². The van der Waals surface area contributed by atoms with Crippen molar-refractivity contribution in [3.05, 3.63) is 52.5 Å². The van der Waals surface area contributed by atoms with Crippen molar-refractivity contribution in [1.29, 1.82) is 0 Å². The number of piperazine rings is 1. The van der Waals surface area contributed by atoms with Crippen LogP contribution in [-0.2, 0) is 14.8 Å². The molecular formula is C19H22Cl2N3O4S+. The van der Waals surface area contributed by atoms with Crippen molar-refractivity contribution in [3.63, 3.8) is 0 Å². The van der Waals surface area contributed by atoms with Crippen molar-refractivity contribution >= 4 is 44.8 Å². The first-order chi connectivity index (χ1) is 13.8. The van der Waals surface area contributed by atoms with Gasteiger partial charge in [0.2, 0.25) is 10.0 Å². The lowest BCUT2D eigenvalue weighted by atomic mass is 10.3. The standard InChI is InChI=1S/C19H21Cl2N3O4S/c1-28-16-5-3-15(4-6-16)22-19(25)13-23-8-10-24(11-9-23)29(26,27)18-12-14(20)2-7-17(18)21/h2-7,12H,8-11,13H2,1H3,(H,22,25)/p+1. The molecule has 1 fully saturated rings. The molecule has 0 aliphatic carbocycles. The highest BCUT2D eigenvalue weighted by Crippen LogP contribution is 2.27. The molecule has 0 saturated carbocycles. The number of nitrogens with one attached hydrogen (secondary N) is 2. The molecule has 10 heteroatoms. The van der Waals surface area contributed by atoms with Gasteiger partial charge in [-0.3, -0.25) is 4.79 Å². The summed E-state index contributed by atoms with van der Waals surface area (Å²) in [6, 6.07) is 11.5. The molecule has 1 saturated heterocycles. The van der Waals surface area contributed by atoms with Crippen molar-refractivity contribution in [2.75, 3.05) is 45.2 Å². The van der Waals surface area contributed by atoms with E-state index in [1.54, 1.807) is 37.4 Å². The van der Waals surface area contributed by atoms with Gasteiger partial charge in [0.1, 0.15) is 10.6 Å². The molecule has 2 aromatic carbocycles. The average molecular weight is 459 g/mol. The van der Waals surface area contributed by atoms with Gasteiger partial charge in [-0.2, -0.15) is 4.31 Å². The van der Waals surface area contributed by atoms with Crippen molar-refractivity contribution in [2.45, 2.75) is 4.90 Å². The fraction of sp³-hybridized carbons (Fsp3) is 0.316. The maximum atomic E-state index is 12.9. The molecule has 0 unspecified atom stereocenters. The Bertz CT molecular complexity index is 975. The van der Waals surface area contributed by atoms with E-state index in [1.807, 2.05) is 0 Å². The minimum atomic E-state index is -3.73. The Morgan fingerprint density at radius 2 is 1.79 bits per heavy atom. The summed E-state index contributed by atoms with van der Waals surface area (Å²) in [5.74, 6) is 0.588. The molecule has 3 rings (SSSR count). The van der Waals surface area contributed by atoms with Gasteiger partial charge in [0.05, 0.1) is 38.3 Å². The second-order valence-corrected chi connectivity index (χ2v) is 9.43. The third-order valence-corrected chi connectivity index (χ3v) is 7.34. The molecule has 0 radical (unpaired) electrons. The van der Waals surface area contributed by atoms with Gasteiger partial charge in [-0.05, 0) is 42.5 Å². The average Bonchev–Trinajstić information content (AvgIpc) is 2.70. The van der Waals surface area contributed by atoms with Crippen LogP contribution in [0.1, 0.15) is 0 Å². The molecule has 1 heterocycles. The summed E-state index contributed by atoms with van der Waals surface area (Å²) < 4.78 is 32.2. The quantitative estimate of drug-likeness (QED) is 0.687. The number of anilines is 1. The molecule has 1 aliphatic rings. The highest BCUT2D eigenvalue weighted by molar-refractivity contribution is 7.89. The van der Waals surface area contributed by atoms with E-state index in [0.717, 1.165) is 4.90 Å². The maximum Gasteiger partial charge on any atom is 0.279 e. The Morgan fingerprint density at radius 3 is 2.41 bits per heavy atom. The Morgan fingerprint density at radius 1 is 1.14 bits per heavy atom. The van der Waals surface area contributed by atoms with Crippen LogP contribution >= 0.6 is 23.2 Å². The number of hydrogen-bond acceptors (Lipinski definition) is 4. The number of halogens is 2. The number of sulfonamides is 1. The van der Waals surface area contributed by atoms with Crippen LogP contribution in [0.15, 0.2) is 47.4 Å². The van der Waals surface area contributed by atoms with E-state index in [0.29, 0.717) is 42.6 Å². The van der Waals surface area contributed by atoms with Crippen LogP contribution in [0.2, 0.25) is 10.0 Å². The highest BCUT2D eigenvalue weighted by atomic mass is 35.5. The minimum Gasteiger partial charge on any atom is -0.497 e. The molecule has 156 valence electrons. The summed E-state index contributed by atoms with van der Waals surface area (Å²) in [5.41, 5.74) is 0.687. The first-order valence-corrected chi connectivity index (χ1v) is 11.2. The normalized spacial score (nSPS) is 15.8. The topological polar surface area (TPSA) is 80.2 Å². The number of hydrogen-bond donors (Lipinski definition) is 2. The lowest BCUT2D eigenvalue weighted by Crippen LogP contribution is -3.15. The van der Waals surface area contributed by atoms with Gasteiger partial charge in [-0.15, -0.1) is 0 Å². The minimum absolute atomic E-state index is 0.00682. The smallest absolute Gasteiger partial charge is 0.279 e. The molecule has 2 aromatic rings. The molecule has 7 nitrogen and oxygen atoms in total. The highest BCUT2D eigenvalue weighted by Gasteiger charge is 2.32. The predicted octanol–water partition coefficient (Wildman–Crippen LogP) is 1.53. The summed E-state index contributed by atoms with van der Waals surface area (Å²) in [6.07, 6.45) is 0. The van der Waals surface area contributed by atoms with Crippen molar-refractivity contribution in [3.8, 4) is 5.75 Å². The maximum absolute atomic E-state index is 12.9. The lowest BCUT2D eigenvalue weighted by Gasteiger charge is -2.31. The second-order valence-electron chi connectivity index (χ2n) is 6.68. The van der Waals surface area contributed by atoms with E-state index < -0.39 is 10.0 Å². The number of methoxy groups -OCH3 is 1. The number of nitrogens with zero attached hydrogens (tertiary/aromatic N) is 1. The number of amides is 1. The number of benzene rings is 2. The Kier molecular flexibility index (Phi) is 7.02. The van der Waals surface area contributed by atoms with Crippen LogP contribution in [0.4, 0.5) is 5.69 Å². The molecule has 29 heavy (non-hydrogen) atoms. The van der Waals surface area contributed by atoms with Crippen LogP contribution in [0, 0.1) is 0 Å². The first-order valence-electron chi connectivity index (χ1n) is 9.02. The fourth-order valence-electron chi connectivity index (χ4n) is 3.14. The van der Waals surface area contributed by atoms with E-state index in [4.69, 9.17) is 27.9 Å². The zero-order valence-corrected chi connectivity index (χ0v) is 18.1. The van der Waals surface area contributed by atoms with E-state index >= 15 is 0 Å². The zero-order valence-electron chi connectivity index (χ0n) is 15.8. The molecule has 1 aliphatic heterocycles. The predicted molar refractivity (Wildman–Crippen MR) is 112 cm³/mol. The van der Waals surface area contributed by atoms with Crippen LogP contribution in [0.3, 0.4) is 0 Å². The van der Waals surface area contributed by atoms with E-state index in [9.17, 15) is 13.2 Å². The monoisotopic (exact) mass is 458 g/mol. The first kappa shape index (κ1) is 21.9. The van der Waals surface area contributed by atoms with Crippen molar-refractivity contribution in [1.82, 2.24) is 4.31 Å². The SMILES string of the molecule is COc1ccc(NC(=O)C[NH+]2CCN(S(=O)(=O)c3cc(Cl)ccc3Cl)CC2)cc1. The molecular weight excluding hydrogens is 437 g/mol. The number of quaternary nitrogens is 1. The molecule has 1 amide bonds. The second kappa shape index (κ2) is 9.32. The van der Waals surface area contributed by atoms with E-state index in [-0.39, 0.29) is 22.4 Å². The van der Waals surface area contributed by atoms with Gasteiger partial charge >= 0.3 is 0 Å². The molecule has 0 bridgehead atoms. The largest absolute Gasteiger partial charge is 0.497 e. The van der Waals surface area contributed by atoms with Crippen molar-refractivity contribution in [2.24, 2.45) is 0 Å². The van der Waals surface area contributed by atoms with Gasteiger partial charge in [0.25, 0.3) is 5.91 Å². The van der Waals surface area contributed by atoms with Gasteiger partial charge in [0.15, 0.2) is 6.54 Å². The van der Waals surface area contributed by atoms with Crippen molar-refractivity contribution < 1.29 is 22.8 Å². The van der Waals surface area contributed by atoms with Gasteiger partial charge in [-0.1, -0.05) is 23.2 Å². The summed E-state index contributed by atoms with van der Waals surface area (Å²) in [6.45, 7) is 1.91. The number of rotatable bonds is 6. The summed E-state index contributed by atoms with van der Waals surface area (Å²) >= 11 is 12.0. The molecule has 0 atom stereocenters. The van der Waals surface area contributed by atoms with Crippen LogP contribution in [-0.4, -0.2) is 58.5 Å². The molecule has 2 N–H and O–H groups in total. The van der Waals surface area contributed by atoms with Crippen LogP contribution < -0.4 is 15.0 Å². The van der Waals surface area contributed by atoms with Crippen LogP contribution in [0.5, 0.6) is 5.75 Å².